The van der Waals surface area contributed by atoms with Gasteiger partial charge in [0.05, 0.1) is 37.3 Å². The number of alkyl halides is 3. The summed E-state index contributed by atoms with van der Waals surface area (Å²) in [5.41, 5.74) is 0.604. The summed E-state index contributed by atoms with van der Waals surface area (Å²) in [6.07, 6.45) is -4.18. The molecule has 3 heterocycles. The van der Waals surface area contributed by atoms with Crippen molar-refractivity contribution in [1.29, 1.82) is 0 Å². The fourth-order valence-corrected chi connectivity index (χ4v) is 4.91. The Bertz CT molecular complexity index is 857. The van der Waals surface area contributed by atoms with E-state index in [0.29, 0.717) is 58.0 Å². The molecule has 2 amide bonds. The number of rotatable bonds is 4. The molecule has 32 heavy (non-hydrogen) atoms. The van der Waals surface area contributed by atoms with E-state index in [-0.39, 0.29) is 30.8 Å². The van der Waals surface area contributed by atoms with Crippen LogP contribution in [0.25, 0.3) is 0 Å². The summed E-state index contributed by atoms with van der Waals surface area (Å²) in [6, 6.07) is 3.60. The summed E-state index contributed by atoms with van der Waals surface area (Å²) in [6.45, 7) is 6.46. The highest BCUT2D eigenvalue weighted by Crippen LogP contribution is 2.39. The lowest BCUT2D eigenvalue weighted by Crippen LogP contribution is -2.62. The molecule has 4 rings (SSSR count). The Morgan fingerprint density at radius 1 is 1.16 bits per heavy atom. The Balaban J connectivity index is 1.54. The molecule has 0 saturated carbocycles. The number of fused-ring (bicyclic) bond motifs is 3. The maximum atomic E-state index is 13.3. The zero-order valence-corrected chi connectivity index (χ0v) is 18.2. The van der Waals surface area contributed by atoms with E-state index in [9.17, 15) is 22.8 Å². The minimum Gasteiger partial charge on any atom is -0.378 e. The number of benzene rings is 1. The van der Waals surface area contributed by atoms with Gasteiger partial charge in [-0.2, -0.15) is 13.2 Å². The maximum Gasteiger partial charge on any atom is 0.416 e. The topological polar surface area (TPSA) is 65.1 Å². The number of carbonyl (C=O) groups excluding carboxylic acids is 2. The van der Waals surface area contributed by atoms with Gasteiger partial charge in [-0.05, 0) is 37.1 Å². The molecule has 3 aliphatic rings. The van der Waals surface area contributed by atoms with Gasteiger partial charge in [0.2, 0.25) is 11.8 Å². The number of carbonyl (C=O) groups is 2. The first kappa shape index (κ1) is 22.8. The minimum absolute atomic E-state index is 0.0438. The summed E-state index contributed by atoms with van der Waals surface area (Å²) in [4.78, 5) is 31.5. The van der Waals surface area contributed by atoms with E-state index in [1.54, 1.807) is 4.90 Å². The quantitative estimate of drug-likeness (QED) is 0.745. The van der Waals surface area contributed by atoms with Gasteiger partial charge in [-0.1, -0.05) is 0 Å². The van der Waals surface area contributed by atoms with Gasteiger partial charge in [0.1, 0.15) is 0 Å². The number of nitrogens with one attached hydrogen (secondary N) is 1. The van der Waals surface area contributed by atoms with Gasteiger partial charge in [0, 0.05) is 45.0 Å². The Labute approximate surface area is 185 Å². The van der Waals surface area contributed by atoms with Gasteiger partial charge >= 0.3 is 6.18 Å². The highest BCUT2D eigenvalue weighted by atomic mass is 19.4. The molecule has 1 aromatic rings. The van der Waals surface area contributed by atoms with Gasteiger partial charge in [0.15, 0.2) is 0 Å². The predicted octanol–water partition coefficient (Wildman–Crippen LogP) is 1.36. The Hall–Kier alpha value is -2.33. The number of halogens is 3. The van der Waals surface area contributed by atoms with E-state index in [4.69, 9.17) is 4.74 Å². The van der Waals surface area contributed by atoms with Crippen LogP contribution in [0, 0.1) is 5.92 Å². The van der Waals surface area contributed by atoms with Crippen LogP contribution >= 0.6 is 0 Å². The molecule has 0 spiro atoms. The number of morpholine rings is 1. The van der Waals surface area contributed by atoms with E-state index in [2.05, 4.69) is 15.1 Å². The zero-order chi connectivity index (χ0) is 22.9. The maximum absolute atomic E-state index is 13.3. The Morgan fingerprint density at radius 2 is 1.91 bits per heavy atom. The van der Waals surface area contributed by atoms with Crippen LogP contribution in [0.2, 0.25) is 0 Å². The molecule has 0 aromatic heterocycles. The van der Waals surface area contributed by atoms with Gasteiger partial charge in [-0.15, -0.1) is 0 Å². The lowest BCUT2D eigenvalue weighted by Gasteiger charge is -2.49. The number of ether oxygens (including phenoxy) is 1. The molecule has 1 aromatic carbocycles. The molecule has 7 nitrogen and oxygen atoms in total. The van der Waals surface area contributed by atoms with Crippen molar-refractivity contribution in [3.8, 4) is 0 Å². The van der Waals surface area contributed by atoms with Crippen LogP contribution in [0.15, 0.2) is 18.2 Å². The third kappa shape index (κ3) is 4.71. The lowest BCUT2D eigenvalue weighted by atomic mass is 9.82. The average Bonchev–Trinajstić information content (AvgIpc) is 2.78. The zero-order valence-electron chi connectivity index (χ0n) is 18.2. The molecular weight excluding hydrogens is 425 g/mol. The van der Waals surface area contributed by atoms with Crippen LogP contribution in [0.4, 0.5) is 18.9 Å². The molecule has 176 valence electrons. The molecule has 2 atom stereocenters. The Kier molecular flexibility index (Phi) is 6.62. The summed E-state index contributed by atoms with van der Waals surface area (Å²) in [5.74, 6) is -0.596. The van der Waals surface area contributed by atoms with Gasteiger partial charge in [0.25, 0.3) is 0 Å². The van der Waals surface area contributed by atoms with Crippen LogP contribution in [0.1, 0.15) is 18.1 Å². The average molecular weight is 454 g/mol. The number of hydrogen-bond donors (Lipinski definition) is 1. The van der Waals surface area contributed by atoms with E-state index >= 15 is 0 Å². The standard InChI is InChI=1S/C22H29F3N4O3/c1-2-26-21(31)17-12-15-11-16(22(23,24)25)3-4-18(15)29-6-5-27(13-19(17)29)14-20(30)28-7-9-32-10-8-28/h3-4,11,17,19H,2,5-10,12-14H2,1H3,(H,26,31)/t17-,19+/m1/s1. The van der Waals surface area contributed by atoms with Crippen LogP contribution < -0.4 is 10.2 Å². The van der Waals surface area contributed by atoms with Crippen LogP contribution in [0.5, 0.6) is 0 Å². The fraction of sp³-hybridized carbons (Fsp3) is 0.636. The molecule has 2 fully saturated rings. The molecule has 0 radical (unpaired) electrons. The van der Waals surface area contributed by atoms with Crippen LogP contribution in [-0.4, -0.2) is 86.7 Å². The molecule has 0 unspecified atom stereocenters. The number of amides is 2. The number of hydrogen-bond acceptors (Lipinski definition) is 5. The van der Waals surface area contributed by atoms with Crippen molar-refractivity contribution >= 4 is 17.5 Å². The second-order valence-corrected chi connectivity index (χ2v) is 8.54. The summed E-state index contributed by atoms with van der Waals surface area (Å²) in [5, 5.41) is 2.84. The van der Waals surface area contributed by atoms with Crippen LogP contribution in [-0.2, 0) is 26.9 Å². The molecule has 0 aliphatic carbocycles. The summed E-state index contributed by atoms with van der Waals surface area (Å²) < 4.78 is 45.1. The molecule has 3 aliphatic heterocycles. The van der Waals surface area contributed by atoms with Crippen molar-refractivity contribution in [3.05, 3.63) is 29.3 Å². The summed E-state index contributed by atoms with van der Waals surface area (Å²) in [7, 11) is 0. The SMILES string of the molecule is CCNC(=O)[C@@H]1Cc2cc(C(F)(F)F)ccc2N2CCN(CC(=O)N3CCOCC3)C[C@@H]12. The normalized spacial score (nSPS) is 24.0. The largest absolute Gasteiger partial charge is 0.416 e. The van der Waals surface area contributed by atoms with Crippen molar-refractivity contribution < 1.29 is 27.5 Å². The van der Waals surface area contributed by atoms with Gasteiger partial charge < -0.3 is 19.9 Å². The first-order valence-corrected chi connectivity index (χ1v) is 11.1. The Morgan fingerprint density at radius 3 is 2.59 bits per heavy atom. The van der Waals surface area contributed by atoms with E-state index in [1.807, 2.05) is 6.92 Å². The fourth-order valence-electron chi connectivity index (χ4n) is 4.91. The summed E-state index contributed by atoms with van der Waals surface area (Å²) >= 11 is 0. The van der Waals surface area contributed by atoms with Crippen molar-refractivity contribution in [3.63, 3.8) is 0 Å². The van der Waals surface area contributed by atoms with E-state index in [0.717, 1.165) is 11.8 Å². The highest BCUT2D eigenvalue weighted by Gasteiger charge is 2.43. The van der Waals surface area contributed by atoms with Crippen molar-refractivity contribution in [2.24, 2.45) is 5.92 Å². The molecular formula is C22H29F3N4O3. The smallest absolute Gasteiger partial charge is 0.378 e. The molecule has 2 saturated heterocycles. The lowest BCUT2D eigenvalue weighted by molar-refractivity contribution is -0.138. The van der Waals surface area contributed by atoms with Gasteiger partial charge in [-0.3, -0.25) is 14.5 Å². The third-order valence-corrected chi connectivity index (χ3v) is 6.53. The van der Waals surface area contributed by atoms with Crippen molar-refractivity contribution in [2.45, 2.75) is 25.6 Å². The molecule has 1 N–H and O–H groups in total. The number of nitrogens with zero attached hydrogens (tertiary/aromatic N) is 3. The first-order chi connectivity index (χ1) is 15.3. The van der Waals surface area contributed by atoms with Gasteiger partial charge in [-0.25, -0.2) is 0 Å². The van der Waals surface area contributed by atoms with Crippen molar-refractivity contribution in [1.82, 2.24) is 15.1 Å². The molecule has 0 bridgehead atoms. The molecule has 10 heteroatoms. The van der Waals surface area contributed by atoms with E-state index in [1.165, 1.54) is 12.1 Å². The third-order valence-electron chi connectivity index (χ3n) is 6.53. The minimum atomic E-state index is -4.42. The highest BCUT2D eigenvalue weighted by molar-refractivity contribution is 5.82. The van der Waals surface area contributed by atoms with Crippen molar-refractivity contribution in [2.75, 3.05) is 63.9 Å². The van der Waals surface area contributed by atoms with Crippen LogP contribution in [0.3, 0.4) is 0 Å². The second-order valence-electron chi connectivity index (χ2n) is 8.54. The monoisotopic (exact) mass is 454 g/mol. The number of anilines is 1. The second kappa shape index (κ2) is 9.27. The number of piperazine rings is 1. The van der Waals surface area contributed by atoms with E-state index < -0.39 is 17.7 Å². The first-order valence-electron chi connectivity index (χ1n) is 11.1. The predicted molar refractivity (Wildman–Crippen MR) is 112 cm³/mol.